The number of para-hydroxylation sites is 1. The number of amides is 1. The van der Waals surface area contributed by atoms with Gasteiger partial charge in [0.15, 0.2) is 10.0 Å². The molecule has 3 rings (SSSR count). The van der Waals surface area contributed by atoms with Crippen molar-refractivity contribution in [1.82, 2.24) is 9.88 Å². The third-order valence-corrected chi connectivity index (χ3v) is 6.32. The molecule has 1 aromatic carbocycles. The Balaban J connectivity index is 1.51. The summed E-state index contributed by atoms with van der Waals surface area (Å²) in [6.07, 6.45) is 1.77. The van der Waals surface area contributed by atoms with Crippen molar-refractivity contribution in [2.75, 3.05) is 18.9 Å². The fraction of sp³-hybridized carbons (Fsp3) is 0.350. The normalized spacial score (nSPS) is 19.8. The molecular formula is C20H22N2O6S2. The molecule has 1 aliphatic rings. The average Bonchev–Trinajstić information content (AvgIpc) is 3.30. The Kier molecular flexibility index (Phi) is 7.72. The SMILES string of the molecule is C[C@@H]1OC(=O)N(CCSc2nc(C(=O)O)cs2)[C@H]1/C=C/C(O)COc1ccccc1. The van der Waals surface area contributed by atoms with Gasteiger partial charge in [0.1, 0.15) is 24.6 Å². The van der Waals surface area contributed by atoms with Crippen molar-refractivity contribution in [3.05, 3.63) is 53.6 Å². The fourth-order valence-electron chi connectivity index (χ4n) is 2.82. The van der Waals surface area contributed by atoms with Gasteiger partial charge < -0.3 is 19.7 Å². The van der Waals surface area contributed by atoms with Gasteiger partial charge in [0.05, 0.1) is 6.04 Å². The van der Waals surface area contributed by atoms with Gasteiger partial charge in [-0.15, -0.1) is 11.3 Å². The zero-order valence-electron chi connectivity index (χ0n) is 16.2. The highest BCUT2D eigenvalue weighted by Gasteiger charge is 2.37. The third-order valence-electron chi connectivity index (χ3n) is 4.32. The number of ether oxygens (including phenoxy) is 2. The summed E-state index contributed by atoms with van der Waals surface area (Å²) in [5, 5.41) is 20.6. The number of thioether (sulfide) groups is 1. The number of aliphatic hydroxyl groups excluding tert-OH is 1. The van der Waals surface area contributed by atoms with Crippen LogP contribution in [0.15, 0.2) is 52.2 Å². The van der Waals surface area contributed by atoms with Crippen molar-refractivity contribution in [3.63, 3.8) is 0 Å². The predicted molar refractivity (Wildman–Crippen MR) is 113 cm³/mol. The number of cyclic esters (lactones) is 1. The smallest absolute Gasteiger partial charge is 0.410 e. The van der Waals surface area contributed by atoms with E-state index < -0.39 is 18.2 Å². The Labute approximate surface area is 182 Å². The quantitative estimate of drug-likeness (QED) is 0.420. The maximum atomic E-state index is 12.2. The summed E-state index contributed by atoms with van der Waals surface area (Å²) in [4.78, 5) is 28.7. The largest absolute Gasteiger partial charge is 0.491 e. The van der Waals surface area contributed by atoms with Gasteiger partial charge in [-0.1, -0.05) is 42.1 Å². The molecule has 0 radical (unpaired) electrons. The number of carbonyl (C=O) groups excluding carboxylic acids is 1. The number of nitrogens with zero attached hydrogens (tertiary/aromatic N) is 2. The number of rotatable bonds is 10. The van der Waals surface area contributed by atoms with Crippen molar-refractivity contribution in [2.24, 2.45) is 0 Å². The molecule has 1 fully saturated rings. The van der Waals surface area contributed by atoms with E-state index in [0.29, 0.717) is 22.4 Å². The first kappa shape index (κ1) is 22.1. The highest BCUT2D eigenvalue weighted by atomic mass is 32.2. The minimum Gasteiger partial charge on any atom is -0.491 e. The molecule has 8 nitrogen and oxygen atoms in total. The van der Waals surface area contributed by atoms with Crippen LogP contribution in [0.3, 0.4) is 0 Å². The fourth-order valence-corrected chi connectivity index (χ4v) is 4.63. The molecule has 1 aromatic heterocycles. The summed E-state index contributed by atoms with van der Waals surface area (Å²) in [5.74, 6) is 0.151. The lowest BCUT2D eigenvalue weighted by Crippen LogP contribution is -2.36. The van der Waals surface area contributed by atoms with Crippen molar-refractivity contribution in [2.45, 2.75) is 29.5 Å². The van der Waals surface area contributed by atoms with Gasteiger partial charge in [-0.2, -0.15) is 0 Å². The maximum absolute atomic E-state index is 12.2. The van der Waals surface area contributed by atoms with Crippen molar-refractivity contribution in [1.29, 1.82) is 0 Å². The second-order valence-electron chi connectivity index (χ2n) is 6.50. The molecule has 1 amide bonds. The van der Waals surface area contributed by atoms with Crippen molar-refractivity contribution >= 4 is 35.2 Å². The van der Waals surface area contributed by atoms with Crippen LogP contribution in [0.2, 0.25) is 0 Å². The molecular weight excluding hydrogens is 428 g/mol. The van der Waals surface area contributed by atoms with E-state index in [1.54, 1.807) is 24.0 Å². The third kappa shape index (κ3) is 5.97. The number of hydrogen-bond donors (Lipinski definition) is 2. The highest BCUT2D eigenvalue weighted by Crippen LogP contribution is 2.25. The number of aromatic nitrogens is 1. The Morgan fingerprint density at radius 1 is 1.43 bits per heavy atom. The van der Waals surface area contributed by atoms with Crippen LogP contribution >= 0.6 is 23.1 Å². The van der Waals surface area contributed by atoms with Gasteiger partial charge in [-0.05, 0) is 19.1 Å². The predicted octanol–water partition coefficient (Wildman–Crippen LogP) is 3.14. The highest BCUT2D eigenvalue weighted by molar-refractivity contribution is 8.01. The number of aliphatic hydroxyl groups is 1. The van der Waals surface area contributed by atoms with E-state index in [4.69, 9.17) is 14.6 Å². The lowest BCUT2D eigenvalue weighted by molar-refractivity contribution is 0.0690. The van der Waals surface area contributed by atoms with Crippen LogP contribution in [0, 0.1) is 0 Å². The average molecular weight is 451 g/mol. The van der Waals surface area contributed by atoms with Crippen LogP contribution in [0.5, 0.6) is 5.75 Å². The number of carboxylic acids is 1. The summed E-state index contributed by atoms with van der Waals surface area (Å²) in [7, 11) is 0. The number of carbonyl (C=O) groups is 2. The van der Waals surface area contributed by atoms with Crippen LogP contribution in [0.25, 0.3) is 0 Å². The maximum Gasteiger partial charge on any atom is 0.410 e. The van der Waals surface area contributed by atoms with Gasteiger partial charge in [0.25, 0.3) is 0 Å². The zero-order chi connectivity index (χ0) is 21.5. The van der Waals surface area contributed by atoms with Crippen LogP contribution in [0.1, 0.15) is 17.4 Å². The Morgan fingerprint density at radius 2 is 2.20 bits per heavy atom. The van der Waals surface area contributed by atoms with Crippen molar-refractivity contribution in [3.8, 4) is 5.75 Å². The second kappa shape index (κ2) is 10.5. The van der Waals surface area contributed by atoms with Gasteiger partial charge in [0.2, 0.25) is 0 Å². The first-order valence-corrected chi connectivity index (χ1v) is 11.1. The molecule has 3 atom stereocenters. The summed E-state index contributed by atoms with van der Waals surface area (Å²) in [5.41, 5.74) is 0.0178. The van der Waals surface area contributed by atoms with Gasteiger partial charge in [-0.3, -0.25) is 4.90 Å². The van der Waals surface area contributed by atoms with E-state index in [-0.39, 0.29) is 24.4 Å². The summed E-state index contributed by atoms with van der Waals surface area (Å²) >= 11 is 2.64. The molecule has 160 valence electrons. The molecule has 2 N–H and O–H groups in total. The number of carboxylic acid groups (broad SMARTS) is 1. The monoisotopic (exact) mass is 450 g/mol. The molecule has 1 saturated heterocycles. The number of aromatic carboxylic acids is 1. The lowest BCUT2D eigenvalue weighted by Gasteiger charge is -2.20. The minimum absolute atomic E-state index is 0.0178. The standard InChI is InChI=1S/C20H22N2O6S2/c1-13-17(8-7-14(23)11-27-15-5-3-2-4-6-15)22(20(26)28-13)9-10-29-19-21-16(12-30-19)18(24)25/h2-8,12-14,17,23H,9-11H2,1H3,(H,24,25)/b8-7+/t13-,14?,17-/m0/s1. The van der Waals surface area contributed by atoms with Crippen LogP contribution in [-0.2, 0) is 4.74 Å². The summed E-state index contributed by atoms with van der Waals surface area (Å²) < 4.78 is 11.5. The molecule has 2 heterocycles. The lowest BCUT2D eigenvalue weighted by atomic mass is 10.1. The topological polar surface area (TPSA) is 109 Å². The van der Waals surface area contributed by atoms with Gasteiger partial charge in [-0.25, -0.2) is 14.6 Å². The molecule has 10 heteroatoms. The van der Waals surface area contributed by atoms with E-state index in [2.05, 4.69) is 4.98 Å². The van der Waals surface area contributed by atoms with E-state index in [1.165, 1.54) is 28.5 Å². The van der Waals surface area contributed by atoms with Crippen LogP contribution in [0.4, 0.5) is 4.79 Å². The molecule has 1 aliphatic heterocycles. The Hall–Kier alpha value is -2.56. The molecule has 1 unspecified atom stereocenters. The Morgan fingerprint density at radius 3 is 2.90 bits per heavy atom. The molecule has 2 aromatic rings. The molecule has 0 bridgehead atoms. The Bertz CT molecular complexity index is 888. The van der Waals surface area contributed by atoms with E-state index in [0.717, 1.165) is 0 Å². The first-order chi connectivity index (χ1) is 14.4. The molecule has 30 heavy (non-hydrogen) atoms. The minimum atomic E-state index is -1.06. The first-order valence-electron chi connectivity index (χ1n) is 9.27. The van der Waals surface area contributed by atoms with Gasteiger partial charge >= 0.3 is 12.1 Å². The van der Waals surface area contributed by atoms with Crippen LogP contribution < -0.4 is 4.74 Å². The molecule has 0 saturated carbocycles. The van der Waals surface area contributed by atoms with E-state index in [1.807, 2.05) is 30.3 Å². The summed E-state index contributed by atoms with van der Waals surface area (Å²) in [6, 6.07) is 8.89. The number of thiazole rings is 1. The molecule has 0 spiro atoms. The second-order valence-corrected chi connectivity index (χ2v) is 8.70. The van der Waals surface area contributed by atoms with E-state index in [9.17, 15) is 14.7 Å². The van der Waals surface area contributed by atoms with Crippen molar-refractivity contribution < 1.29 is 29.3 Å². The van der Waals surface area contributed by atoms with E-state index >= 15 is 0 Å². The number of hydrogen-bond acceptors (Lipinski definition) is 8. The summed E-state index contributed by atoms with van der Waals surface area (Å²) in [6.45, 7) is 2.30. The number of benzene rings is 1. The molecule has 0 aliphatic carbocycles. The zero-order valence-corrected chi connectivity index (χ0v) is 17.8. The van der Waals surface area contributed by atoms with Gasteiger partial charge in [0, 0.05) is 17.7 Å². The van der Waals surface area contributed by atoms with Crippen LogP contribution in [-0.4, -0.2) is 69.3 Å².